The highest BCUT2D eigenvalue weighted by atomic mass is 16.7. The van der Waals surface area contributed by atoms with Gasteiger partial charge in [0.2, 0.25) is 0 Å². The summed E-state index contributed by atoms with van der Waals surface area (Å²) in [5.74, 6) is -0.665. The van der Waals surface area contributed by atoms with Crippen molar-refractivity contribution >= 4 is 5.97 Å². The van der Waals surface area contributed by atoms with Crippen molar-refractivity contribution in [1.29, 1.82) is 0 Å². The van der Waals surface area contributed by atoms with Gasteiger partial charge in [-0.2, -0.15) is 0 Å². The van der Waals surface area contributed by atoms with Gasteiger partial charge in [0.05, 0.1) is 25.4 Å². The summed E-state index contributed by atoms with van der Waals surface area (Å²) < 4.78 is 12.0. The van der Waals surface area contributed by atoms with Crippen molar-refractivity contribution in [3.05, 3.63) is 11.6 Å². The molecule has 1 saturated heterocycles. The average Bonchev–Trinajstić information content (AvgIpc) is 2.94. The molecule has 9 nitrogen and oxygen atoms in total. The smallest absolute Gasteiger partial charge is 0.312 e. The lowest BCUT2D eigenvalue weighted by molar-refractivity contribution is -0.313. The van der Waals surface area contributed by atoms with Gasteiger partial charge in [-0.1, -0.05) is 53.2 Å². The van der Waals surface area contributed by atoms with Gasteiger partial charge >= 0.3 is 5.97 Å². The van der Waals surface area contributed by atoms with E-state index in [1.54, 1.807) is 0 Å². The summed E-state index contributed by atoms with van der Waals surface area (Å²) in [6.07, 6.45) is 2.66. The lowest BCUT2D eigenvalue weighted by Gasteiger charge is -2.71. The second-order valence-corrected chi connectivity index (χ2v) is 17.4. The molecule has 250 valence electrons. The molecular weight excluding hydrogens is 564 g/mol. The van der Waals surface area contributed by atoms with Gasteiger partial charge in [-0.15, -0.1) is 0 Å². The lowest BCUT2D eigenvalue weighted by Crippen LogP contribution is -2.68. The zero-order valence-corrected chi connectivity index (χ0v) is 27.5. The molecule has 5 fully saturated rings. The van der Waals surface area contributed by atoms with Crippen LogP contribution in [-0.4, -0.2) is 86.6 Å². The number of carboxylic acids is 1. The van der Waals surface area contributed by atoms with Gasteiger partial charge in [0.1, 0.15) is 23.7 Å². The number of carboxylic acid groups (broad SMARTS) is 1. The predicted octanol–water partition coefficient (Wildman–Crippen LogP) is 3.64. The van der Waals surface area contributed by atoms with E-state index in [9.17, 15) is 35.4 Å². The van der Waals surface area contributed by atoms with E-state index in [0.717, 1.165) is 38.5 Å². The van der Waals surface area contributed by atoms with Crippen molar-refractivity contribution in [2.45, 2.75) is 136 Å². The fraction of sp³-hybridized carbons (Fsp3) is 0.914. The number of aliphatic carboxylic acids is 1. The van der Waals surface area contributed by atoms with Crippen LogP contribution in [0.4, 0.5) is 0 Å². The van der Waals surface area contributed by atoms with Crippen LogP contribution in [0, 0.1) is 50.2 Å². The zero-order chi connectivity index (χ0) is 32.3. The first kappa shape index (κ1) is 32.9. The van der Waals surface area contributed by atoms with E-state index in [-0.39, 0.29) is 52.6 Å². The largest absolute Gasteiger partial charge is 0.481 e. The third kappa shape index (κ3) is 4.25. The average molecular weight is 621 g/mol. The Morgan fingerprint density at radius 3 is 2.30 bits per heavy atom. The molecule has 0 aromatic heterocycles. The summed E-state index contributed by atoms with van der Waals surface area (Å²) in [6.45, 7) is 13.4. The maximum absolute atomic E-state index is 13.0. The number of hydrogen-bond donors (Lipinski definition) is 6. The Morgan fingerprint density at radius 1 is 0.932 bits per heavy atom. The third-order valence-corrected chi connectivity index (χ3v) is 14.9. The van der Waals surface area contributed by atoms with Crippen LogP contribution in [0.25, 0.3) is 0 Å². The number of aliphatic hydroxyl groups excluding tert-OH is 5. The summed E-state index contributed by atoms with van der Waals surface area (Å²) in [7, 11) is 0. The normalized spacial score (nSPS) is 55.1. The number of fused-ring (bicyclic) bond motifs is 7. The first-order chi connectivity index (χ1) is 20.4. The molecule has 4 saturated carbocycles. The van der Waals surface area contributed by atoms with E-state index < -0.39 is 53.6 Å². The highest BCUT2D eigenvalue weighted by Crippen LogP contribution is 2.76. The minimum Gasteiger partial charge on any atom is -0.481 e. The molecule has 0 amide bonds. The molecule has 44 heavy (non-hydrogen) atoms. The molecule has 0 aromatic carbocycles. The highest BCUT2D eigenvalue weighted by Gasteiger charge is 2.71. The minimum absolute atomic E-state index is 0.00883. The Kier molecular flexibility index (Phi) is 7.81. The molecule has 9 heteroatoms. The number of aliphatic hydroxyl groups is 5. The Bertz CT molecular complexity index is 1190. The van der Waals surface area contributed by atoms with E-state index in [4.69, 9.17) is 9.47 Å². The molecule has 0 spiro atoms. The highest BCUT2D eigenvalue weighted by molar-refractivity contribution is 5.77. The molecule has 6 rings (SSSR count). The fourth-order valence-electron chi connectivity index (χ4n) is 12.0. The quantitative estimate of drug-likeness (QED) is 0.204. The molecule has 0 radical (unpaired) electrons. The monoisotopic (exact) mass is 620 g/mol. The Balaban J connectivity index is 1.34. The number of hydrogen-bond acceptors (Lipinski definition) is 8. The number of ether oxygens (including phenoxy) is 2. The Labute approximate surface area is 262 Å². The summed E-state index contributed by atoms with van der Waals surface area (Å²) in [6, 6.07) is 0. The van der Waals surface area contributed by atoms with Gasteiger partial charge in [-0.3, -0.25) is 4.79 Å². The van der Waals surface area contributed by atoms with E-state index >= 15 is 0 Å². The van der Waals surface area contributed by atoms with E-state index in [2.05, 4.69) is 47.6 Å². The summed E-state index contributed by atoms with van der Waals surface area (Å²) >= 11 is 0. The fourth-order valence-corrected chi connectivity index (χ4v) is 12.0. The SMILES string of the molecule is CC1(C)CC[C@]2(C(=O)O)[C@H](O)C[C@]3(C)C(=CC[C@@H]4[C@@]5(C)CC[C@H](O[C@@H]6OC[C@H](O)[C@H](O)[C@H]6O)[C@@](C)(CO)C5CC[C@]43C)[C@@H]2C1. The predicted molar refractivity (Wildman–Crippen MR) is 162 cm³/mol. The molecule has 5 aliphatic carbocycles. The first-order valence-electron chi connectivity index (χ1n) is 17.0. The second-order valence-electron chi connectivity index (χ2n) is 17.4. The maximum Gasteiger partial charge on any atom is 0.312 e. The third-order valence-electron chi connectivity index (χ3n) is 14.9. The van der Waals surface area contributed by atoms with Crippen molar-refractivity contribution in [3.8, 4) is 0 Å². The topological polar surface area (TPSA) is 157 Å². The van der Waals surface area contributed by atoms with Crippen LogP contribution < -0.4 is 0 Å². The van der Waals surface area contributed by atoms with Gasteiger partial charge in [0.25, 0.3) is 0 Å². The molecular formula is C35H56O9. The van der Waals surface area contributed by atoms with Crippen LogP contribution in [0.1, 0.15) is 99.3 Å². The van der Waals surface area contributed by atoms with Gasteiger partial charge in [0.15, 0.2) is 6.29 Å². The van der Waals surface area contributed by atoms with Crippen LogP contribution in [-0.2, 0) is 14.3 Å². The van der Waals surface area contributed by atoms with Crippen LogP contribution in [0.2, 0.25) is 0 Å². The number of rotatable bonds is 4. The Hall–Kier alpha value is -1.07. The van der Waals surface area contributed by atoms with Gasteiger partial charge < -0.3 is 40.1 Å². The van der Waals surface area contributed by atoms with Gasteiger partial charge in [-0.05, 0) is 97.2 Å². The molecule has 1 aliphatic heterocycles. The summed E-state index contributed by atoms with van der Waals surface area (Å²) in [5, 5.41) is 64.2. The van der Waals surface area contributed by atoms with Crippen LogP contribution >= 0.6 is 0 Å². The second kappa shape index (κ2) is 10.5. The molecule has 14 atom stereocenters. The van der Waals surface area contributed by atoms with Crippen LogP contribution in [0.15, 0.2) is 11.6 Å². The van der Waals surface area contributed by atoms with E-state index in [1.165, 1.54) is 5.57 Å². The molecule has 1 heterocycles. The minimum atomic E-state index is -1.38. The first-order valence-corrected chi connectivity index (χ1v) is 17.0. The molecule has 6 aliphatic rings. The van der Waals surface area contributed by atoms with Crippen molar-refractivity contribution in [2.75, 3.05) is 13.2 Å². The van der Waals surface area contributed by atoms with Crippen LogP contribution in [0.5, 0.6) is 0 Å². The standard InChI is InChI=1S/C35H56O9/c1-30(2)13-14-35(29(41)42)20(15-30)19-7-8-23-31(3)11-10-25(44-28-27(40)26(39)21(37)17-43-28)32(4,18-36)22(31)9-12-33(23,5)34(19,6)16-24(35)38/h7,20-28,36-40H,8-18H2,1-6H3,(H,41,42)/t20-,21-,22?,23+,24+,25-,26-,27+,28-,31-,32-,33+,34+,35+/m0/s1. The van der Waals surface area contributed by atoms with Gasteiger partial charge in [-0.25, -0.2) is 0 Å². The van der Waals surface area contributed by atoms with Crippen molar-refractivity contribution < 1.29 is 44.9 Å². The van der Waals surface area contributed by atoms with Crippen molar-refractivity contribution in [2.24, 2.45) is 50.2 Å². The summed E-state index contributed by atoms with van der Waals surface area (Å²) in [4.78, 5) is 13.0. The molecule has 0 bridgehead atoms. The Morgan fingerprint density at radius 2 is 1.64 bits per heavy atom. The van der Waals surface area contributed by atoms with Crippen LogP contribution in [0.3, 0.4) is 0 Å². The zero-order valence-electron chi connectivity index (χ0n) is 27.5. The van der Waals surface area contributed by atoms with Gasteiger partial charge in [0, 0.05) is 5.41 Å². The van der Waals surface area contributed by atoms with Crippen molar-refractivity contribution in [1.82, 2.24) is 0 Å². The van der Waals surface area contributed by atoms with Crippen molar-refractivity contribution in [3.63, 3.8) is 0 Å². The number of carbonyl (C=O) groups is 1. The summed E-state index contributed by atoms with van der Waals surface area (Å²) in [5.41, 5.74) is -1.15. The lowest BCUT2D eigenvalue weighted by atomic mass is 9.33. The molecule has 6 N–H and O–H groups in total. The number of allylic oxidation sites excluding steroid dienone is 2. The van der Waals surface area contributed by atoms with E-state index in [1.807, 2.05) is 0 Å². The maximum atomic E-state index is 13.0. The van der Waals surface area contributed by atoms with E-state index in [0.29, 0.717) is 19.3 Å². The molecule has 1 unspecified atom stereocenters. The molecule has 0 aromatic rings.